The smallest absolute Gasteiger partial charge is 0.238 e. The standard InChI is InChI=1S/C22H26FNO3.C22H25FNO3.C14H19FNO.C8H8O3.HI.2W/c2*1-14-25-20-9-8-17(12-21(20)26-14)27-22(2,3)19-13-24-11-10-18(19)15-4-6-16(23)7-5-15;1-14(2,17)13-9-16-8-7-12(13)10-3-5-11(15)6-4-10;1-5-10-7-3-2-6(9)4-8(7)11-5;;;/h4-9,12,14,18-19,24H,10-11,13H2,1-3H3;4-9,12,14,18-19H,10-11,13H2,1-3H3;3-6,12-13,17H,7-9H2,1-2H3;2-5,9H,1H3;1H;;/q;2*-1;;;;/t2*14?,18-,19+;12-,13+;;;;/m000..../s1/i2*14D;;5D;;;. The molecule has 3 fully saturated rings. The van der Waals surface area contributed by atoms with Gasteiger partial charge in [0, 0.05) is 93.6 Å². The van der Waals surface area contributed by atoms with Gasteiger partial charge in [-0.1, -0.05) is 49.2 Å². The number of phenolic OH excluding ortho intramolecular Hbond substituents is 1. The Kier molecular flexibility index (Phi) is 23.2. The quantitative estimate of drug-likeness (QED) is 0.112. The number of hydrogen-bond acceptors (Lipinski definition) is 11. The Morgan fingerprint density at radius 3 is 1.27 bits per heavy atom. The number of halogens is 4. The third-order valence-electron chi connectivity index (χ3n) is 15.9. The number of aliphatic hydroxyl groups is 1. The Bertz CT molecular complexity index is 3100. The molecular weight excluding hydrogens is 1550 g/mol. The second-order valence-electron chi connectivity index (χ2n) is 23.1. The van der Waals surface area contributed by atoms with Crippen LogP contribution in [0.4, 0.5) is 13.2 Å². The summed E-state index contributed by atoms with van der Waals surface area (Å²) in [5, 5.41) is 31.7. The van der Waals surface area contributed by atoms with Crippen molar-refractivity contribution in [2.75, 3.05) is 39.3 Å². The van der Waals surface area contributed by atoms with Gasteiger partial charge >= 0.3 is 0 Å². The average molecular weight is 1630 g/mol. The number of nitrogens with one attached hydrogen (secondary N) is 1. The molecule has 13 nitrogen and oxygen atoms in total. The minimum atomic E-state index is -1.41. The van der Waals surface area contributed by atoms with Crippen LogP contribution in [0.5, 0.6) is 51.7 Å². The third kappa shape index (κ3) is 18.2. The molecule has 0 aliphatic carbocycles. The van der Waals surface area contributed by atoms with Crippen molar-refractivity contribution >= 4 is 24.0 Å². The van der Waals surface area contributed by atoms with Crippen molar-refractivity contribution in [1.29, 1.82) is 0 Å². The SMILES string of the molecule is CC(C)(O)[C@@H]1C[N-]CC[C@H]1c1ccc(F)cc1.I.[2H]C1(C)Oc2ccc(O)cc2O1.[2H]C1(C)Oc2ccc(OC(C)(C)[C@@H]3CNCC[C@H]3c3ccc(F)cc3)cc2O1.[2H]C1(C)Oc2ccc(OC(C)(C)[C@@H]3C[N-]CC[C@H]3c3ccc(F)cc3)cc2O1.[W].[W]. The summed E-state index contributed by atoms with van der Waals surface area (Å²) >= 11 is 0. The largest absolute Gasteiger partial charge is 0.662 e. The molecule has 0 bridgehead atoms. The second kappa shape index (κ2) is 30.4. The zero-order valence-corrected chi connectivity index (χ0v) is 57.6. The van der Waals surface area contributed by atoms with E-state index in [0.29, 0.717) is 59.1 Å². The van der Waals surface area contributed by atoms with E-state index in [1.807, 2.05) is 62.4 Å². The normalized spacial score (nSPS) is 26.6. The molecule has 0 aromatic heterocycles. The molecule has 6 aromatic carbocycles. The van der Waals surface area contributed by atoms with Gasteiger partial charge in [-0.25, -0.2) is 13.2 Å². The number of hydrogen-bond donors (Lipinski definition) is 3. The number of rotatable bonds is 10. The summed E-state index contributed by atoms with van der Waals surface area (Å²) < 4.78 is 108. The third-order valence-corrected chi connectivity index (χ3v) is 15.9. The van der Waals surface area contributed by atoms with Gasteiger partial charge in [-0.3, -0.25) is 0 Å². The summed E-state index contributed by atoms with van der Waals surface area (Å²) in [6.07, 6.45) is -1.36. The van der Waals surface area contributed by atoms with Crippen LogP contribution in [0.1, 0.15) is 120 Å². The topological polar surface area (TPSA) is 155 Å². The molecule has 460 valence electrons. The zero-order chi connectivity index (χ0) is 61.1. The van der Waals surface area contributed by atoms with Crippen molar-refractivity contribution in [1.82, 2.24) is 5.32 Å². The number of ether oxygens (including phenoxy) is 8. The molecule has 0 saturated carbocycles. The van der Waals surface area contributed by atoms with Crippen LogP contribution in [0.15, 0.2) is 127 Å². The zero-order valence-electron chi connectivity index (χ0n) is 52.4. The van der Waals surface area contributed by atoms with E-state index >= 15 is 0 Å². The van der Waals surface area contributed by atoms with Crippen LogP contribution >= 0.6 is 24.0 Å². The molecule has 3 saturated heterocycles. The van der Waals surface area contributed by atoms with Gasteiger partial charge in [-0.15, -0.1) is 50.2 Å². The fourth-order valence-electron chi connectivity index (χ4n) is 11.8. The predicted octanol–water partition coefficient (Wildman–Crippen LogP) is 15.0. The first kappa shape index (κ1) is 64.7. The molecule has 3 unspecified atom stereocenters. The van der Waals surface area contributed by atoms with Crippen LogP contribution < -0.4 is 43.2 Å². The maximum Gasteiger partial charge on any atom is 0.238 e. The summed E-state index contributed by atoms with van der Waals surface area (Å²) in [5.74, 6) is 5.07. The molecule has 3 N–H and O–H groups in total. The molecule has 6 aliphatic heterocycles. The van der Waals surface area contributed by atoms with E-state index in [4.69, 9.17) is 47.1 Å². The van der Waals surface area contributed by atoms with E-state index in [9.17, 15) is 18.3 Å². The van der Waals surface area contributed by atoms with Crippen molar-refractivity contribution < 1.29 is 108 Å². The van der Waals surface area contributed by atoms with E-state index in [1.165, 1.54) is 55.5 Å². The van der Waals surface area contributed by atoms with Crippen molar-refractivity contribution in [3.8, 4) is 51.7 Å². The second-order valence-corrected chi connectivity index (χ2v) is 23.1. The molecule has 6 aromatic rings. The summed E-state index contributed by atoms with van der Waals surface area (Å²) in [5.41, 5.74) is 1.65. The minimum absolute atomic E-state index is 0. The average Bonchev–Trinajstić information content (AvgIpc) is 2.13. The molecule has 85 heavy (non-hydrogen) atoms. The Labute approximate surface area is 548 Å². The summed E-state index contributed by atoms with van der Waals surface area (Å²) in [7, 11) is 0. The van der Waals surface area contributed by atoms with Gasteiger partial charge in [-0.05, 0) is 174 Å². The van der Waals surface area contributed by atoms with Crippen molar-refractivity contribution in [3.63, 3.8) is 0 Å². The first-order valence-electron chi connectivity index (χ1n) is 29.6. The summed E-state index contributed by atoms with van der Waals surface area (Å²) in [6.45, 7) is 21.3. The van der Waals surface area contributed by atoms with Crippen LogP contribution in [-0.2, 0) is 42.1 Å². The van der Waals surface area contributed by atoms with Gasteiger partial charge < -0.3 is 64.1 Å². The number of piperidine rings is 3. The van der Waals surface area contributed by atoms with Crippen molar-refractivity contribution in [2.24, 2.45) is 17.8 Å². The fraction of sp³-hybridized carbons (Fsp3) is 0.455. The molecular formula is C66H79F3IN3O10W2-2. The van der Waals surface area contributed by atoms with E-state index in [-0.39, 0.29) is 125 Å². The Morgan fingerprint density at radius 1 is 0.494 bits per heavy atom. The van der Waals surface area contributed by atoms with Crippen molar-refractivity contribution in [2.45, 2.75) is 135 Å². The number of aromatic hydroxyl groups is 1. The van der Waals surface area contributed by atoms with Crippen LogP contribution in [-0.4, -0.2) is 85.1 Å². The van der Waals surface area contributed by atoms with E-state index < -0.39 is 35.6 Å². The molecule has 9 atom stereocenters. The summed E-state index contributed by atoms with van der Waals surface area (Å²) in [6, 6.07) is 35.4. The van der Waals surface area contributed by atoms with E-state index in [1.54, 1.807) is 44.2 Å². The van der Waals surface area contributed by atoms with Gasteiger partial charge in [-0.2, -0.15) is 0 Å². The number of phenols is 1. The van der Waals surface area contributed by atoms with Gasteiger partial charge in [0.25, 0.3) is 0 Å². The van der Waals surface area contributed by atoms with Crippen LogP contribution in [0, 0.1) is 35.2 Å². The van der Waals surface area contributed by atoms with Gasteiger partial charge in [0.15, 0.2) is 34.5 Å². The Balaban J connectivity index is 0.000000194. The molecule has 6 heterocycles. The molecule has 6 aliphatic rings. The predicted molar refractivity (Wildman–Crippen MR) is 325 cm³/mol. The maximum atomic E-state index is 13.4. The Hall–Kier alpha value is -4.74. The summed E-state index contributed by atoms with van der Waals surface area (Å²) in [4.78, 5) is 0. The van der Waals surface area contributed by atoms with Gasteiger partial charge in [0.2, 0.25) is 18.8 Å². The number of nitrogens with zero attached hydrogens (tertiary/aromatic N) is 2. The van der Waals surface area contributed by atoms with Crippen LogP contribution in [0.3, 0.4) is 0 Å². The van der Waals surface area contributed by atoms with Crippen molar-refractivity contribution in [3.05, 3.63) is 172 Å². The first-order chi connectivity index (χ1) is 40.0. The molecule has 19 heteroatoms. The van der Waals surface area contributed by atoms with Gasteiger partial charge in [0.05, 0.1) is 5.60 Å². The van der Waals surface area contributed by atoms with E-state index in [2.05, 4.69) is 43.6 Å². The molecule has 0 spiro atoms. The monoisotopic (exact) mass is 1630 g/mol. The van der Waals surface area contributed by atoms with Crippen LogP contribution in [0.2, 0.25) is 0 Å². The Morgan fingerprint density at radius 2 is 0.847 bits per heavy atom. The first-order valence-corrected chi connectivity index (χ1v) is 28.1. The number of benzene rings is 6. The van der Waals surface area contributed by atoms with E-state index in [0.717, 1.165) is 62.1 Å². The fourth-order valence-corrected chi connectivity index (χ4v) is 11.8. The maximum absolute atomic E-state index is 13.4. The van der Waals surface area contributed by atoms with Gasteiger partial charge in [0.1, 0.15) is 50.0 Å². The number of fused-ring (bicyclic) bond motifs is 3. The molecule has 0 amide bonds. The minimum Gasteiger partial charge on any atom is -0.662 e. The molecule has 12 rings (SSSR count). The van der Waals surface area contributed by atoms with Crippen LogP contribution in [0.25, 0.3) is 10.6 Å². The molecule has 0 radical (unpaired) electrons.